The molecule has 1 saturated carbocycles. The summed E-state index contributed by atoms with van der Waals surface area (Å²) in [5, 5.41) is 6.39. The Morgan fingerprint density at radius 1 is 1.40 bits per heavy atom. The monoisotopic (exact) mass is 346 g/mol. The number of piperazine rings is 1. The molecule has 1 saturated heterocycles. The topological polar surface area (TPSA) is 66.5 Å². The van der Waals surface area contributed by atoms with Crippen molar-refractivity contribution in [1.29, 1.82) is 0 Å². The first-order valence-electron chi connectivity index (χ1n) is 9.36. The number of carbonyl (C=O) groups is 1. The normalized spacial score (nSPS) is 22.5. The van der Waals surface area contributed by atoms with Crippen LogP contribution in [-0.4, -0.2) is 53.1 Å². The molecule has 1 amide bonds. The molecule has 138 valence electrons. The van der Waals surface area contributed by atoms with Crippen molar-refractivity contribution < 1.29 is 9.53 Å². The molecule has 1 unspecified atom stereocenters. The van der Waals surface area contributed by atoms with Crippen molar-refractivity contribution in [2.75, 3.05) is 25.0 Å². The molecular weight excluding hydrogens is 316 g/mol. The van der Waals surface area contributed by atoms with E-state index in [-0.39, 0.29) is 17.5 Å². The maximum atomic E-state index is 12.5. The number of anilines is 1. The van der Waals surface area contributed by atoms with E-state index in [0.29, 0.717) is 11.9 Å². The van der Waals surface area contributed by atoms with Crippen LogP contribution in [0.1, 0.15) is 46.5 Å². The molecule has 2 heterocycles. The van der Waals surface area contributed by atoms with Crippen molar-refractivity contribution in [3.05, 3.63) is 18.3 Å². The minimum absolute atomic E-state index is 0.0188. The summed E-state index contributed by atoms with van der Waals surface area (Å²) in [4.78, 5) is 19.1. The van der Waals surface area contributed by atoms with Crippen molar-refractivity contribution in [2.45, 2.75) is 64.1 Å². The molecule has 2 aliphatic rings. The highest BCUT2D eigenvalue weighted by molar-refractivity contribution is 5.93. The minimum Gasteiger partial charge on any atom is -0.489 e. The number of rotatable bonds is 5. The standard InChI is InChI=1S/C19H30N4O2/c1-14(23-11-10-21-19(2,3)13-23)18(24)22-17-9-8-16(12-20-17)25-15-6-4-5-7-15/h8-9,12,14-15,21H,4-7,10-11,13H2,1-3H3,(H,20,22,24). The number of carbonyl (C=O) groups excluding carboxylic acids is 1. The molecule has 1 aromatic rings. The van der Waals surface area contributed by atoms with Gasteiger partial charge in [0.15, 0.2) is 0 Å². The molecule has 1 aliphatic heterocycles. The van der Waals surface area contributed by atoms with Gasteiger partial charge in [0.25, 0.3) is 0 Å². The number of nitrogens with zero attached hydrogens (tertiary/aromatic N) is 2. The Labute approximate surface area is 150 Å². The maximum absolute atomic E-state index is 12.5. The highest BCUT2D eigenvalue weighted by Gasteiger charge is 2.31. The third kappa shape index (κ3) is 4.92. The number of ether oxygens (including phenoxy) is 1. The van der Waals surface area contributed by atoms with Crippen LogP contribution in [0.3, 0.4) is 0 Å². The number of hydrogen-bond donors (Lipinski definition) is 2. The first kappa shape index (κ1) is 18.1. The second-order valence-corrected chi connectivity index (χ2v) is 7.85. The van der Waals surface area contributed by atoms with E-state index in [2.05, 4.69) is 34.4 Å². The Hall–Kier alpha value is -1.66. The van der Waals surface area contributed by atoms with E-state index in [1.54, 1.807) is 6.20 Å². The van der Waals surface area contributed by atoms with Crippen molar-refractivity contribution in [3.8, 4) is 5.75 Å². The van der Waals surface area contributed by atoms with Gasteiger partial charge in [-0.05, 0) is 58.6 Å². The smallest absolute Gasteiger partial charge is 0.242 e. The summed E-state index contributed by atoms with van der Waals surface area (Å²) in [5.74, 6) is 1.33. The Morgan fingerprint density at radius 3 is 2.80 bits per heavy atom. The van der Waals surface area contributed by atoms with Crippen molar-refractivity contribution in [2.24, 2.45) is 0 Å². The highest BCUT2D eigenvalue weighted by atomic mass is 16.5. The Morgan fingerprint density at radius 2 is 2.16 bits per heavy atom. The lowest BCUT2D eigenvalue weighted by Crippen LogP contribution is -2.60. The van der Waals surface area contributed by atoms with E-state index in [1.165, 1.54) is 12.8 Å². The predicted octanol–water partition coefficient (Wildman–Crippen LogP) is 2.41. The van der Waals surface area contributed by atoms with Gasteiger partial charge in [0, 0.05) is 25.2 Å². The van der Waals surface area contributed by atoms with Gasteiger partial charge in [-0.1, -0.05) is 0 Å². The summed E-state index contributed by atoms with van der Waals surface area (Å²) in [6.07, 6.45) is 6.75. The van der Waals surface area contributed by atoms with E-state index in [9.17, 15) is 4.79 Å². The van der Waals surface area contributed by atoms with Crippen molar-refractivity contribution in [3.63, 3.8) is 0 Å². The molecule has 2 fully saturated rings. The lowest BCUT2D eigenvalue weighted by molar-refractivity contribution is -0.121. The third-order valence-electron chi connectivity index (χ3n) is 5.12. The molecular formula is C19H30N4O2. The zero-order valence-corrected chi connectivity index (χ0v) is 15.5. The molecule has 1 atom stereocenters. The van der Waals surface area contributed by atoms with Crippen LogP contribution in [0, 0.1) is 0 Å². The summed E-state index contributed by atoms with van der Waals surface area (Å²) < 4.78 is 5.91. The Balaban J connectivity index is 1.53. The van der Waals surface area contributed by atoms with Crippen LogP contribution in [0.2, 0.25) is 0 Å². The van der Waals surface area contributed by atoms with Gasteiger partial charge in [-0.2, -0.15) is 0 Å². The van der Waals surface area contributed by atoms with Gasteiger partial charge in [-0.3, -0.25) is 9.69 Å². The van der Waals surface area contributed by atoms with Crippen LogP contribution in [-0.2, 0) is 4.79 Å². The van der Waals surface area contributed by atoms with Gasteiger partial charge in [0.1, 0.15) is 11.6 Å². The maximum Gasteiger partial charge on any atom is 0.242 e. The number of hydrogen-bond acceptors (Lipinski definition) is 5. The molecule has 3 rings (SSSR count). The van der Waals surface area contributed by atoms with Crippen LogP contribution < -0.4 is 15.4 Å². The summed E-state index contributed by atoms with van der Waals surface area (Å²) in [6, 6.07) is 3.52. The van der Waals surface area contributed by atoms with Gasteiger partial charge in [0.2, 0.25) is 5.91 Å². The third-order valence-corrected chi connectivity index (χ3v) is 5.12. The number of pyridine rings is 1. The fourth-order valence-corrected chi connectivity index (χ4v) is 3.63. The van der Waals surface area contributed by atoms with Gasteiger partial charge in [0.05, 0.1) is 18.3 Å². The van der Waals surface area contributed by atoms with Crippen LogP contribution in [0.15, 0.2) is 18.3 Å². The van der Waals surface area contributed by atoms with Crippen LogP contribution in [0.25, 0.3) is 0 Å². The largest absolute Gasteiger partial charge is 0.489 e. The second-order valence-electron chi connectivity index (χ2n) is 7.85. The molecule has 25 heavy (non-hydrogen) atoms. The molecule has 6 nitrogen and oxygen atoms in total. The SMILES string of the molecule is CC(C(=O)Nc1ccc(OC2CCCC2)cn1)N1CCNC(C)(C)C1. The van der Waals surface area contributed by atoms with E-state index in [0.717, 1.165) is 38.2 Å². The zero-order valence-electron chi connectivity index (χ0n) is 15.5. The van der Waals surface area contributed by atoms with Gasteiger partial charge in [-0.15, -0.1) is 0 Å². The zero-order chi connectivity index (χ0) is 17.9. The van der Waals surface area contributed by atoms with Crippen LogP contribution >= 0.6 is 0 Å². The fraction of sp³-hybridized carbons (Fsp3) is 0.684. The van der Waals surface area contributed by atoms with E-state index < -0.39 is 0 Å². The van der Waals surface area contributed by atoms with Gasteiger partial charge < -0.3 is 15.4 Å². The first-order valence-corrected chi connectivity index (χ1v) is 9.36. The van der Waals surface area contributed by atoms with E-state index in [4.69, 9.17) is 4.74 Å². The van der Waals surface area contributed by atoms with Crippen LogP contribution in [0.4, 0.5) is 5.82 Å². The molecule has 1 aromatic heterocycles. The Bertz CT molecular complexity index is 582. The minimum atomic E-state index is -0.183. The summed E-state index contributed by atoms with van der Waals surface area (Å²) >= 11 is 0. The lowest BCUT2D eigenvalue weighted by Gasteiger charge is -2.41. The number of aromatic nitrogens is 1. The first-order chi connectivity index (χ1) is 11.9. The van der Waals surface area contributed by atoms with Crippen molar-refractivity contribution in [1.82, 2.24) is 15.2 Å². The highest BCUT2D eigenvalue weighted by Crippen LogP contribution is 2.24. The summed E-state index contributed by atoms with van der Waals surface area (Å²) in [5.41, 5.74) is 0.0320. The average molecular weight is 346 g/mol. The second kappa shape index (κ2) is 7.70. The molecule has 0 radical (unpaired) electrons. The molecule has 1 aliphatic carbocycles. The molecule has 6 heteroatoms. The molecule has 0 bridgehead atoms. The lowest BCUT2D eigenvalue weighted by atomic mass is 10.0. The predicted molar refractivity (Wildman–Crippen MR) is 98.9 cm³/mol. The van der Waals surface area contributed by atoms with E-state index in [1.807, 2.05) is 19.1 Å². The summed E-state index contributed by atoms with van der Waals surface area (Å²) in [7, 11) is 0. The average Bonchev–Trinajstić information content (AvgIpc) is 3.08. The summed E-state index contributed by atoms with van der Waals surface area (Å²) in [6.45, 7) is 8.90. The quantitative estimate of drug-likeness (QED) is 0.857. The van der Waals surface area contributed by atoms with E-state index >= 15 is 0 Å². The van der Waals surface area contributed by atoms with Gasteiger partial charge in [-0.25, -0.2) is 4.98 Å². The van der Waals surface area contributed by atoms with Crippen molar-refractivity contribution >= 4 is 11.7 Å². The Kier molecular flexibility index (Phi) is 5.59. The number of amides is 1. The molecule has 2 N–H and O–H groups in total. The molecule has 0 aromatic carbocycles. The fourth-order valence-electron chi connectivity index (χ4n) is 3.63. The van der Waals surface area contributed by atoms with Gasteiger partial charge >= 0.3 is 0 Å². The van der Waals surface area contributed by atoms with Crippen LogP contribution in [0.5, 0.6) is 5.75 Å². The molecule has 0 spiro atoms. The number of nitrogens with one attached hydrogen (secondary N) is 2.